The molecule has 3 nitrogen and oxygen atoms in total. The molecule has 0 aromatic heterocycles. The van der Waals surface area contributed by atoms with Crippen LogP contribution in [0.1, 0.15) is 10.4 Å². The van der Waals surface area contributed by atoms with Crippen LogP contribution in [0.5, 0.6) is 0 Å². The van der Waals surface area contributed by atoms with E-state index in [9.17, 15) is 9.59 Å². The zero-order valence-corrected chi connectivity index (χ0v) is 8.57. The van der Waals surface area contributed by atoms with Gasteiger partial charge in [0.15, 0.2) is 0 Å². The second kappa shape index (κ2) is 4.57. The molecule has 2 aromatic rings. The van der Waals surface area contributed by atoms with Crippen molar-refractivity contribution < 1.29 is 9.59 Å². The monoisotopic (exact) mass is 212 g/mol. The number of hydrogen-bond acceptors (Lipinski definition) is 2. The van der Waals surface area contributed by atoms with Crippen molar-refractivity contribution in [2.75, 3.05) is 6.54 Å². The third kappa shape index (κ3) is 1.93. The van der Waals surface area contributed by atoms with Gasteiger partial charge in [0.05, 0.1) is 6.54 Å². The molecule has 2 rings (SSSR count). The van der Waals surface area contributed by atoms with E-state index in [1.165, 1.54) is 0 Å². The lowest BCUT2D eigenvalue weighted by molar-refractivity contribution is 0.0960. The Balaban J connectivity index is 2.44. The van der Waals surface area contributed by atoms with Crippen molar-refractivity contribution in [3.8, 4) is 0 Å². The minimum atomic E-state index is -0.250. The number of amides is 1. The van der Waals surface area contributed by atoms with Crippen LogP contribution in [-0.2, 0) is 4.79 Å². The number of nitrogens with one attached hydrogen (secondary N) is 1. The molecule has 3 heteroatoms. The van der Waals surface area contributed by atoms with Gasteiger partial charge in [-0.1, -0.05) is 36.4 Å². The normalized spacial score (nSPS) is 10.0. The summed E-state index contributed by atoms with van der Waals surface area (Å²) >= 11 is 0. The van der Waals surface area contributed by atoms with Crippen molar-refractivity contribution in [3.05, 3.63) is 48.0 Å². The Labute approximate surface area is 93.1 Å². The van der Waals surface area contributed by atoms with E-state index in [0.29, 0.717) is 5.56 Å². The fourth-order valence-electron chi connectivity index (χ4n) is 1.63. The highest BCUT2D eigenvalue weighted by Crippen LogP contribution is 2.18. The average Bonchev–Trinajstić information content (AvgIpc) is 2.35. The molecular formula is C13H10NO2. The molecule has 1 amide bonds. The van der Waals surface area contributed by atoms with Gasteiger partial charge in [-0.05, 0) is 16.8 Å². The predicted octanol–water partition coefficient (Wildman–Crippen LogP) is 1.68. The summed E-state index contributed by atoms with van der Waals surface area (Å²) in [6, 6.07) is 13.1. The molecule has 2 aromatic carbocycles. The van der Waals surface area contributed by atoms with Crippen molar-refractivity contribution in [2.24, 2.45) is 0 Å². The zero-order valence-electron chi connectivity index (χ0n) is 8.57. The van der Waals surface area contributed by atoms with Gasteiger partial charge in [0.25, 0.3) is 5.91 Å². The Kier molecular flexibility index (Phi) is 2.96. The summed E-state index contributed by atoms with van der Waals surface area (Å²) in [5.41, 5.74) is 0.577. The molecule has 0 aliphatic rings. The quantitative estimate of drug-likeness (QED) is 0.841. The van der Waals surface area contributed by atoms with E-state index in [1.54, 1.807) is 12.4 Å². The molecule has 0 atom stereocenters. The van der Waals surface area contributed by atoms with Crippen LogP contribution in [0.3, 0.4) is 0 Å². The summed E-state index contributed by atoms with van der Waals surface area (Å²) in [4.78, 5) is 21.8. The van der Waals surface area contributed by atoms with Crippen LogP contribution >= 0.6 is 0 Å². The van der Waals surface area contributed by atoms with Gasteiger partial charge in [-0.15, -0.1) is 0 Å². The lowest BCUT2D eigenvalue weighted by Crippen LogP contribution is -2.25. The lowest BCUT2D eigenvalue weighted by atomic mass is 10.0. The SMILES string of the molecule is O=[C]CNC(=O)c1cccc2ccccc12. The highest BCUT2D eigenvalue weighted by Gasteiger charge is 2.08. The summed E-state index contributed by atoms with van der Waals surface area (Å²) < 4.78 is 0. The molecule has 79 valence electrons. The Morgan fingerprint density at radius 1 is 1.12 bits per heavy atom. The van der Waals surface area contributed by atoms with E-state index in [2.05, 4.69) is 5.32 Å². The smallest absolute Gasteiger partial charge is 0.252 e. The number of carbonyl (C=O) groups is 1. The van der Waals surface area contributed by atoms with Crippen LogP contribution < -0.4 is 5.32 Å². The van der Waals surface area contributed by atoms with E-state index >= 15 is 0 Å². The van der Waals surface area contributed by atoms with Crippen LogP contribution in [0, 0.1) is 0 Å². The minimum Gasteiger partial charge on any atom is -0.344 e. The van der Waals surface area contributed by atoms with Gasteiger partial charge in [0, 0.05) is 5.56 Å². The van der Waals surface area contributed by atoms with E-state index in [1.807, 2.05) is 36.4 Å². The van der Waals surface area contributed by atoms with Crippen molar-refractivity contribution in [1.29, 1.82) is 0 Å². The number of carbonyl (C=O) groups excluding carboxylic acids is 2. The molecule has 0 fully saturated rings. The summed E-state index contributed by atoms with van der Waals surface area (Å²) in [5, 5.41) is 4.37. The molecule has 1 N–H and O–H groups in total. The van der Waals surface area contributed by atoms with Crippen molar-refractivity contribution >= 4 is 23.0 Å². The fraction of sp³-hybridized carbons (Fsp3) is 0.0769. The maximum Gasteiger partial charge on any atom is 0.252 e. The van der Waals surface area contributed by atoms with Gasteiger partial charge < -0.3 is 5.32 Å². The van der Waals surface area contributed by atoms with Crippen LogP contribution in [0.15, 0.2) is 42.5 Å². The van der Waals surface area contributed by atoms with Gasteiger partial charge in [-0.2, -0.15) is 0 Å². The molecule has 0 bridgehead atoms. The Morgan fingerprint density at radius 3 is 2.69 bits per heavy atom. The Hall–Kier alpha value is -2.16. The first-order valence-electron chi connectivity index (χ1n) is 4.94. The molecule has 1 radical (unpaired) electrons. The van der Waals surface area contributed by atoms with Crippen LogP contribution in [0.25, 0.3) is 10.8 Å². The fourth-order valence-corrected chi connectivity index (χ4v) is 1.63. The minimum absolute atomic E-state index is 0.0813. The Morgan fingerprint density at radius 2 is 1.88 bits per heavy atom. The maximum atomic E-state index is 11.7. The number of benzene rings is 2. The molecular weight excluding hydrogens is 202 g/mol. The number of hydrogen-bond donors (Lipinski definition) is 1. The molecule has 0 spiro atoms. The maximum absolute atomic E-state index is 11.7. The third-order valence-electron chi connectivity index (χ3n) is 2.36. The first-order valence-corrected chi connectivity index (χ1v) is 4.94. The number of rotatable bonds is 3. The summed E-state index contributed by atoms with van der Waals surface area (Å²) in [5.74, 6) is -0.250. The first-order chi connectivity index (χ1) is 7.83. The topological polar surface area (TPSA) is 46.2 Å². The average molecular weight is 212 g/mol. The van der Waals surface area contributed by atoms with Gasteiger partial charge in [-0.3, -0.25) is 9.59 Å². The van der Waals surface area contributed by atoms with Gasteiger partial charge >= 0.3 is 0 Å². The van der Waals surface area contributed by atoms with Crippen molar-refractivity contribution in [2.45, 2.75) is 0 Å². The van der Waals surface area contributed by atoms with Crippen molar-refractivity contribution in [1.82, 2.24) is 5.32 Å². The predicted molar refractivity (Wildman–Crippen MR) is 62.0 cm³/mol. The summed E-state index contributed by atoms with van der Waals surface area (Å²) in [7, 11) is 0. The standard InChI is InChI=1S/C13H10NO2/c15-9-8-14-13(16)12-7-3-5-10-4-1-2-6-11(10)12/h1-7H,8H2,(H,14,16). The lowest BCUT2D eigenvalue weighted by Gasteiger charge is -2.05. The van der Waals surface area contributed by atoms with Gasteiger partial charge in [0.1, 0.15) is 0 Å². The van der Waals surface area contributed by atoms with Crippen LogP contribution in [-0.4, -0.2) is 18.7 Å². The summed E-state index contributed by atoms with van der Waals surface area (Å²) in [6.07, 6.45) is 1.63. The molecule has 0 heterocycles. The van der Waals surface area contributed by atoms with E-state index < -0.39 is 0 Å². The molecule has 0 aliphatic heterocycles. The molecule has 16 heavy (non-hydrogen) atoms. The summed E-state index contributed by atoms with van der Waals surface area (Å²) in [6.45, 7) is -0.0813. The molecule has 0 saturated heterocycles. The number of fused-ring (bicyclic) bond motifs is 1. The van der Waals surface area contributed by atoms with E-state index in [4.69, 9.17) is 0 Å². The zero-order chi connectivity index (χ0) is 11.4. The van der Waals surface area contributed by atoms with Gasteiger partial charge in [0.2, 0.25) is 6.29 Å². The van der Waals surface area contributed by atoms with E-state index in [-0.39, 0.29) is 12.5 Å². The first kappa shape index (κ1) is 10.4. The van der Waals surface area contributed by atoms with E-state index in [0.717, 1.165) is 10.8 Å². The largest absolute Gasteiger partial charge is 0.344 e. The highest BCUT2D eigenvalue weighted by molar-refractivity contribution is 6.07. The highest BCUT2D eigenvalue weighted by atomic mass is 16.2. The molecule has 0 unspecified atom stereocenters. The molecule has 0 saturated carbocycles. The van der Waals surface area contributed by atoms with Crippen LogP contribution in [0.4, 0.5) is 0 Å². The van der Waals surface area contributed by atoms with Crippen LogP contribution in [0.2, 0.25) is 0 Å². The second-order valence-electron chi connectivity index (χ2n) is 3.35. The third-order valence-corrected chi connectivity index (χ3v) is 2.36. The Bertz CT molecular complexity index is 529. The molecule has 0 aliphatic carbocycles. The van der Waals surface area contributed by atoms with Gasteiger partial charge in [-0.25, -0.2) is 0 Å². The van der Waals surface area contributed by atoms with Crippen molar-refractivity contribution in [3.63, 3.8) is 0 Å². The second-order valence-corrected chi connectivity index (χ2v) is 3.35.